The van der Waals surface area contributed by atoms with E-state index in [2.05, 4.69) is 21.2 Å². The third kappa shape index (κ3) is 3.37. The minimum absolute atomic E-state index is 0.113. The molecule has 0 aliphatic carbocycles. The van der Waals surface area contributed by atoms with Gasteiger partial charge in [-0.1, -0.05) is 45.2 Å². The van der Waals surface area contributed by atoms with Gasteiger partial charge in [-0.05, 0) is 35.9 Å². The summed E-state index contributed by atoms with van der Waals surface area (Å²) in [6.45, 7) is 0.521. The summed E-state index contributed by atoms with van der Waals surface area (Å²) < 4.78 is 14.2. The summed E-state index contributed by atoms with van der Waals surface area (Å²) in [5.41, 5.74) is 1.60. The zero-order valence-electron chi connectivity index (χ0n) is 9.18. The average Bonchev–Trinajstić information content (AvgIpc) is 2.32. The Morgan fingerprint density at radius 1 is 1.06 bits per heavy atom. The monoisotopic (exact) mass is 347 g/mol. The summed E-state index contributed by atoms with van der Waals surface area (Å²) in [7, 11) is 0. The van der Waals surface area contributed by atoms with Crippen LogP contribution < -0.4 is 5.32 Å². The molecule has 0 saturated heterocycles. The Labute approximate surface area is 123 Å². The average molecular weight is 349 g/mol. The van der Waals surface area contributed by atoms with Gasteiger partial charge in [0.1, 0.15) is 5.82 Å². The third-order valence-electron chi connectivity index (χ3n) is 2.42. The lowest BCUT2D eigenvalue weighted by Crippen LogP contribution is -2.00. The molecule has 0 bridgehead atoms. The first-order chi connectivity index (χ1) is 8.56. The van der Waals surface area contributed by atoms with Gasteiger partial charge in [-0.3, -0.25) is 0 Å². The third-order valence-corrected chi connectivity index (χ3v) is 3.57. The first kappa shape index (κ1) is 13.7. The molecule has 1 nitrogen and oxygen atoms in total. The molecule has 0 amide bonds. The van der Waals surface area contributed by atoms with Crippen molar-refractivity contribution in [1.82, 2.24) is 0 Å². The molecule has 2 aromatic carbocycles. The first-order valence-corrected chi connectivity index (χ1v) is 6.74. The largest absolute Gasteiger partial charge is 0.381 e. The highest BCUT2D eigenvalue weighted by atomic mass is 79.9. The Morgan fingerprint density at radius 2 is 1.83 bits per heavy atom. The number of anilines is 1. The van der Waals surface area contributed by atoms with Gasteiger partial charge in [-0.15, -0.1) is 0 Å². The smallest absolute Gasteiger partial charge is 0.143 e. The van der Waals surface area contributed by atoms with Crippen molar-refractivity contribution >= 4 is 44.8 Å². The van der Waals surface area contributed by atoms with Crippen molar-refractivity contribution in [3.8, 4) is 0 Å². The van der Waals surface area contributed by atoms with Gasteiger partial charge in [-0.25, -0.2) is 4.39 Å². The molecule has 18 heavy (non-hydrogen) atoms. The maximum Gasteiger partial charge on any atom is 0.143 e. The van der Waals surface area contributed by atoms with Gasteiger partial charge in [0.25, 0.3) is 0 Å². The Bertz CT molecular complexity index is 575. The van der Waals surface area contributed by atoms with Crippen LogP contribution in [0, 0.1) is 5.82 Å². The van der Waals surface area contributed by atoms with E-state index < -0.39 is 5.82 Å². The van der Waals surface area contributed by atoms with Crippen LogP contribution in [0.15, 0.2) is 40.9 Å². The van der Waals surface area contributed by atoms with E-state index in [0.29, 0.717) is 17.3 Å². The maximum atomic E-state index is 13.2. The van der Waals surface area contributed by atoms with E-state index >= 15 is 0 Å². The van der Waals surface area contributed by atoms with Crippen molar-refractivity contribution in [1.29, 1.82) is 0 Å². The molecule has 2 rings (SSSR count). The van der Waals surface area contributed by atoms with Gasteiger partial charge >= 0.3 is 0 Å². The standard InChI is InChI=1S/C13H9BrCl2FN/c14-9-2-1-8(12(16)5-9)7-18-10-3-4-11(15)13(17)6-10/h1-6,18H,7H2. The van der Waals surface area contributed by atoms with Crippen LogP contribution in [0.3, 0.4) is 0 Å². The minimum atomic E-state index is -0.441. The predicted octanol–water partition coefficient (Wildman–Crippen LogP) is 5.51. The highest BCUT2D eigenvalue weighted by Crippen LogP contribution is 2.23. The minimum Gasteiger partial charge on any atom is -0.381 e. The van der Waals surface area contributed by atoms with Gasteiger partial charge in [0.15, 0.2) is 0 Å². The maximum absolute atomic E-state index is 13.2. The molecule has 94 valence electrons. The number of benzene rings is 2. The van der Waals surface area contributed by atoms with Crippen molar-refractivity contribution in [2.45, 2.75) is 6.54 Å². The van der Waals surface area contributed by atoms with Gasteiger partial charge < -0.3 is 5.32 Å². The molecule has 0 heterocycles. The van der Waals surface area contributed by atoms with Crippen molar-refractivity contribution < 1.29 is 4.39 Å². The Morgan fingerprint density at radius 3 is 2.50 bits per heavy atom. The lowest BCUT2D eigenvalue weighted by Gasteiger charge is -2.09. The molecule has 0 unspecified atom stereocenters. The van der Waals surface area contributed by atoms with Crippen molar-refractivity contribution in [2.24, 2.45) is 0 Å². The first-order valence-electron chi connectivity index (χ1n) is 5.19. The van der Waals surface area contributed by atoms with Crippen molar-refractivity contribution in [3.05, 3.63) is 62.3 Å². The van der Waals surface area contributed by atoms with Crippen LogP contribution in [0.4, 0.5) is 10.1 Å². The van der Waals surface area contributed by atoms with E-state index in [1.54, 1.807) is 6.07 Å². The van der Waals surface area contributed by atoms with E-state index in [0.717, 1.165) is 10.0 Å². The zero-order valence-corrected chi connectivity index (χ0v) is 12.3. The molecule has 0 fully saturated rings. The van der Waals surface area contributed by atoms with Crippen LogP contribution in [0.5, 0.6) is 0 Å². The lowest BCUT2D eigenvalue weighted by atomic mass is 10.2. The zero-order chi connectivity index (χ0) is 13.1. The highest BCUT2D eigenvalue weighted by molar-refractivity contribution is 9.10. The molecule has 0 aliphatic rings. The molecule has 0 radical (unpaired) electrons. The molecule has 5 heteroatoms. The molecular formula is C13H9BrCl2FN. The van der Waals surface area contributed by atoms with Crippen molar-refractivity contribution in [3.63, 3.8) is 0 Å². The number of hydrogen-bond acceptors (Lipinski definition) is 1. The van der Waals surface area contributed by atoms with Gasteiger partial charge in [0, 0.05) is 21.7 Å². The fourth-order valence-corrected chi connectivity index (χ4v) is 2.33. The second-order valence-corrected chi connectivity index (χ2v) is 5.45. The van der Waals surface area contributed by atoms with Crippen LogP contribution in [-0.4, -0.2) is 0 Å². The Hall–Kier alpha value is -0.770. The molecule has 0 aromatic heterocycles. The van der Waals surface area contributed by atoms with Crippen LogP contribution in [-0.2, 0) is 6.54 Å². The lowest BCUT2D eigenvalue weighted by molar-refractivity contribution is 0.628. The number of halogens is 4. The second kappa shape index (κ2) is 5.91. The number of rotatable bonds is 3. The predicted molar refractivity (Wildman–Crippen MR) is 77.9 cm³/mol. The molecule has 0 spiro atoms. The van der Waals surface area contributed by atoms with Crippen LogP contribution in [0.2, 0.25) is 10.0 Å². The summed E-state index contributed by atoms with van der Waals surface area (Å²) in [4.78, 5) is 0. The second-order valence-electron chi connectivity index (χ2n) is 3.72. The van der Waals surface area contributed by atoms with Crippen molar-refractivity contribution in [2.75, 3.05) is 5.32 Å². The SMILES string of the molecule is Fc1cc(NCc2ccc(Br)cc2Cl)ccc1Cl. The molecule has 0 atom stereocenters. The normalized spacial score (nSPS) is 10.4. The highest BCUT2D eigenvalue weighted by Gasteiger charge is 2.03. The topological polar surface area (TPSA) is 12.0 Å². The fourth-order valence-electron chi connectivity index (χ4n) is 1.47. The van der Waals surface area contributed by atoms with Crippen LogP contribution in [0.1, 0.15) is 5.56 Å². The Balaban J connectivity index is 2.09. The van der Waals surface area contributed by atoms with Crippen LogP contribution in [0.25, 0.3) is 0 Å². The molecular weight excluding hydrogens is 340 g/mol. The summed E-state index contributed by atoms with van der Waals surface area (Å²) >= 11 is 15.0. The summed E-state index contributed by atoms with van der Waals surface area (Å²) in [6, 6.07) is 10.2. The van der Waals surface area contributed by atoms with Gasteiger partial charge in [-0.2, -0.15) is 0 Å². The van der Waals surface area contributed by atoms with E-state index in [-0.39, 0.29) is 5.02 Å². The summed E-state index contributed by atoms with van der Waals surface area (Å²) in [6.07, 6.45) is 0. The number of hydrogen-bond donors (Lipinski definition) is 1. The quantitative estimate of drug-likeness (QED) is 0.771. The van der Waals surface area contributed by atoms with Crippen LogP contribution >= 0.6 is 39.1 Å². The summed E-state index contributed by atoms with van der Waals surface area (Å²) in [5, 5.41) is 3.86. The molecule has 2 aromatic rings. The molecule has 0 aliphatic heterocycles. The molecule has 0 saturated carbocycles. The summed E-state index contributed by atoms with van der Waals surface area (Å²) in [5.74, 6) is -0.441. The fraction of sp³-hybridized carbons (Fsp3) is 0.0769. The van der Waals surface area contributed by atoms with E-state index in [1.165, 1.54) is 12.1 Å². The number of nitrogens with one attached hydrogen (secondary N) is 1. The van der Waals surface area contributed by atoms with E-state index in [1.807, 2.05) is 18.2 Å². The molecule has 1 N–H and O–H groups in total. The van der Waals surface area contributed by atoms with Gasteiger partial charge in [0.2, 0.25) is 0 Å². The Kier molecular flexibility index (Phi) is 4.49. The van der Waals surface area contributed by atoms with Gasteiger partial charge in [0.05, 0.1) is 5.02 Å². The van der Waals surface area contributed by atoms with E-state index in [9.17, 15) is 4.39 Å². The van der Waals surface area contributed by atoms with E-state index in [4.69, 9.17) is 23.2 Å².